The summed E-state index contributed by atoms with van der Waals surface area (Å²) < 4.78 is 40.5. The Morgan fingerprint density at radius 2 is 1.75 bits per heavy atom. The van der Waals surface area contributed by atoms with Crippen LogP contribution in [0.15, 0.2) is 82.4 Å². The number of furan rings is 1. The lowest BCUT2D eigenvalue weighted by Gasteiger charge is -2.19. The molecule has 0 fully saturated rings. The number of anilines is 2. The Hall–Kier alpha value is -4.15. The minimum absolute atomic E-state index is 0.0120. The molecule has 2 heterocycles. The average molecular weight is 564 g/mol. The standard InChI is InChI=1S/C30H34N4O5S/c1-21-16-26(38-5)17-22(2)29(21)40(36,37)34(4)19-27-18-24(20-39-27)30(35)31-14-13-23-9-11-25(12-10-23)32-28-8-6-7-15-33(28)3/h6-12,15-18,20H,13-14,19H2,1-5H3,(H,31,35)/p+1. The summed E-state index contributed by atoms with van der Waals surface area (Å²) in [6.45, 7) is 3.91. The number of pyridine rings is 1. The Morgan fingerprint density at radius 1 is 1.05 bits per heavy atom. The summed E-state index contributed by atoms with van der Waals surface area (Å²) in [5, 5.41) is 6.27. The molecule has 2 N–H and O–H groups in total. The fraction of sp³-hybridized carbons (Fsp3) is 0.267. The van der Waals surface area contributed by atoms with E-state index in [0.29, 0.717) is 41.2 Å². The summed E-state index contributed by atoms with van der Waals surface area (Å²) in [7, 11) is 1.22. The highest BCUT2D eigenvalue weighted by molar-refractivity contribution is 7.89. The molecule has 0 radical (unpaired) electrons. The van der Waals surface area contributed by atoms with Gasteiger partial charge in [0.15, 0.2) is 0 Å². The second-order valence-electron chi connectivity index (χ2n) is 9.68. The molecule has 2 aromatic carbocycles. The number of sulfonamides is 1. The van der Waals surface area contributed by atoms with E-state index in [0.717, 1.165) is 17.1 Å². The number of nitrogens with zero attached hydrogens (tertiary/aromatic N) is 2. The number of rotatable bonds is 11. The van der Waals surface area contributed by atoms with Crippen LogP contribution in [0.2, 0.25) is 0 Å². The zero-order chi connectivity index (χ0) is 28.9. The van der Waals surface area contributed by atoms with Crippen molar-refractivity contribution in [2.45, 2.75) is 31.7 Å². The van der Waals surface area contributed by atoms with Crippen LogP contribution in [-0.4, -0.2) is 39.3 Å². The van der Waals surface area contributed by atoms with E-state index in [4.69, 9.17) is 9.15 Å². The van der Waals surface area contributed by atoms with Crippen LogP contribution in [0.25, 0.3) is 0 Å². The first kappa shape index (κ1) is 28.8. The molecule has 2 aromatic heterocycles. The van der Waals surface area contributed by atoms with Gasteiger partial charge in [0.1, 0.15) is 23.5 Å². The molecule has 0 aliphatic carbocycles. The fourth-order valence-corrected chi connectivity index (χ4v) is 6.00. The third-order valence-electron chi connectivity index (χ3n) is 6.61. The van der Waals surface area contributed by atoms with Crippen molar-refractivity contribution in [2.24, 2.45) is 7.05 Å². The van der Waals surface area contributed by atoms with Gasteiger partial charge in [0, 0.05) is 19.7 Å². The molecule has 10 heteroatoms. The van der Waals surface area contributed by atoms with Gasteiger partial charge >= 0.3 is 0 Å². The third-order valence-corrected chi connectivity index (χ3v) is 8.72. The number of hydrogen-bond donors (Lipinski definition) is 2. The predicted molar refractivity (Wildman–Crippen MR) is 153 cm³/mol. The van der Waals surface area contributed by atoms with Gasteiger partial charge in [0.2, 0.25) is 10.0 Å². The third kappa shape index (κ3) is 6.70. The Bertz CT molecular complexity index is 1570. The number of carbonyl (C=O) groups excluding carboxylic acids is 1. The van der Waals surface area contributed by atoms with Crippen molar-refractivity contribution < 1.29 is 26.9 Å². The van der Waals surface area contributed by atoms with Crippen LogP contribution in [0.1, 0.15) is 32.8 Å². The van der Waals surface area contributed by atoms with Gasteiger partial charge in [-0.15, -0.1) is 0 Å². The van der Waals surface area contributed by atoms with Gasteiger partial charge < -0.3 is 14.5 Å². The molecule has 40 heavy (non-hydrogen) atoms. The molecule has 4 rings (SSSR count). The Labute approximate surface area is 235 Å². The molecular weight excluding hydrogens is 528 g/mol. The molecule has 0 bridgehead atoms. The lowest BCUT2D eigenvalue weighted by molar-refractivity contribution is -0.657. The van der Waals surface area contributed by atoms with Crippen molar-refractivity contribution in [2.75, 3.05) is 26.0 Å². The number of nitrogens with one attached hydrogen (secondary N) is 2. The summed E-state index contributed by atoms with van der Waals surface area (Å²) in [6, 6.07) is 19.0. The number of aromatic nitrogens is 1. The largest absolute Gasteiger partial charge is 0.497 e. The van der Waals surface area contributed by atoms with E-state index in [1.165, 1.54) is 17.6 Å². The Balaban J connectivity index is 1.30. The number of benzene rings is 2. The smallest absolute Gasteiger partial charge is 0.279 e. The van der Waals surface area contributed by atoms with Gasteiger partial charge in [-0.25, -0.2) is 18.3 Å². The maximum Gasteiger partial charge on any atom is 0.279 e. The van der Waals surface area contributed by atoms with Crippen LogP contribution in [0.4, 0.5) is 11.5 Å². The molecule has 4 aromatic rings. The fourth-order valence-electron chi connectivity index (χ4n) is 4.46. The highest BCUT2D eigenvalue weighted by Crippen LogP contribution is 2.28. The highest BCUT2D eigenvalue weighted by atomic mass is 32.2. The minimum atomic E-state index is -3.79. The van der Waals surface area contributed by atoms with E-state index < -0.39 is 10.0 Å². The maximum atomic E-state index is 13.3. The van der Waals surface area contributed by atoms with E-state index in [2.05, 4.69) is 10.6 Å². The van der Waals surface area contributed by atoms with Crippen LogP contribution < -0.4 is 19.9 Å². The number of methoxy groups -OCH3 is 1. The molecule has 210 valence electrons. The lowest BCUT2D eigenvalue weighted by atomic mass is 10.1. The number of hydrogen-bond acceptors (Lipinski definition) is 6. The molecule has 9 nitrogen and oxygen atoms in total. The maximum absolute atomic E-state index is 13.3. The summed E-state index contributed by atoms with van der Waals surface area (Å²) in [5.74, 6) is 1.67. The zero-order valence-corrected chi connectivity index (χ0v) is 24.2. The topological polar surface area (TPSA) is 105 Å². The van der Waals surface area contributed by atoms with Gasteiger partial charge in [0.05, 0.1) is 37.4 Å². The van der Waals surface area contributed by atoms with E-state index >= 15 is 0 Å². The van der Waals surface area contributed by atoms with E-state index in [1.807, 2.05) is 60.3 Å². The molecule has 0 aliphatic heterocycles. The number of carbonyl (C=O) groups is 1. The Morgan fingerprint density at radius 3 is 2.40 bits per heavy atom. The summed E-state index contributed by atoms with van der Waals surface area (Å²) in [6.07, 6.45) is 3.99. The van der Waals surface area contributed by atoms with Crippen LogP contribution in [0, 0.1) is 13.8 Å². The molecule has 0 saturated carbocycles. The second kappa shape index (κ2) is 12.4. The van der Waals surface area contributed by atoms with E-state index in [9.17, 15) is 13.2 Å². The van der Waals surface area contributed by atoms with Gasteiger partial charge in [-0.1, -0.05) is 18.2 Å². The summed E-state index contributed by atoms with van der Waals surface area (Å²) in [4.78, 5) is 12.9. The first-order chi connectivity index (χ1) is 19.1. The second-order valence-corrected chi connectivity index (χ2v) is 11.7. The van der Waals surface area contributed by atoms with Crippen molar-refractivity contribution in [3.8, 4) is 5.75 Å². The average Bonchev–Trinajstić information content (AvgIpc) is 3.39. The summed E-state index contributed by atoms with van der Waals surface area (Å²) in [5.41, 5.74) is 3.60. The Kier molecular flexibility index (Phi) is 8.91. The first-order valence-corrected chi connectivity index (χ1v) is 14.3. The lowest BCUT2D eigenvalue weighted by Crippen LogP contribution is -2.30. The molecule has 0 atom stereocenters. The summed E-state index contributed by atoms with van der Waals surface area (Å²) >= 11 is 0. The van der Waals surface area contributed by atoms with Gasteiger partial charge in [-0.2, -0.15) is 4.31 Å². The number of aryl methyl sites for hydroxylation is 3. The normalized spacial score (nSPS) is 11.4. The molecule has 1 amide bonds. The number of ether oxygens (including phenoxy) is 1. The SMILES string of the molecule is COc1cc(C)c(S(=O)(=O)N(C)Cc2cc(C(=O)NCCc3ccc(Nc4cccc[n+]4C)cc3)co2)c(C)c1. The van der Waals surface area contributed by atoms with Crippen molar-refractivity contribution >= 4 is 27.4 Å². The molecule has 0 aliphatic rings. The minimum Gasteiger partial charge on any atom is -0.497 e. The van der Waals surface area contributed by atoms with Crippen molar-refractivity contribution in [1.29, 1.82) is 0 Å². The number of amides is 1. The van der Waals surface area contributed by atoms with Crippen LogP contribution in [0.3, 0.4) is 0 Å². The van der Waals surface area contributed by atoms with Gasteiger partial charge in [0.25, 0.3) is 11.7 Å². The predicted octanol–water partition coefficient (Wildman–Crippen LogP) is 4.27. The molecule has 0 saturated heterocycles. The van der Waals surface area contributed by atoms with E-state index in [1.54, 1.807) is 39.2 Å². The van der Waals surface area contributed by atoms with Crippen molar-refractivity contribution in [1.82, 2.24) is 9.62 Å². The molecule has 0 unspecified atom stereocenters. The molecular formula is C30H35N4O5S+. The zero-order valence-electron chi connectivity index (χ0n) is 23.4. The van der Waals surface area contributed by atoms with Gasteiger partial charge in [-0.3, -0.25) is 4.79 Å². The molecule has 0 spiro atoms. The van der Waals surface area contributed by atoms with Crippen LogP contribution >= 0.6 is 0 Å². The van der Waals surface area contributed by atoms with Crippen LogP contribution in [0.5, 0.6) is 5.75 Å². The van der Waals surface area contributed by atoms with Gasteiger partial charge in [-0.05, 0) is 73.4 Å². The first-order valence-electron chi connectivity index (χ1n) is 12.9. The highest BCUT2D eigenvalue weighted by Gasteiger charge is 2.26. The quantitative estimate of drug-likeness (QED) is 0.264. The van der Waals surface area contributed by atoms with Crippen LogP contribution in [-0.2, 0) is 30.0 Å². The van der Waals surface area contributed by atoms with Crippen molar-refractivity contribution in [3.63, 3.8) is 0 Å². The van der Waals surface area contributed by atoms with E-state index in [-0.39, 0.29) is 17.3 Å². The monoisotopic (exact) mass is 563 g/mol. The van der Waals surface area contributed by atoms with Crippen molar-refractivity contribution in [3.05, 3.63) is 101 Å².